The van der Waals surface area contributed by atoms with Crippen LogP contribution < -0.4 is 20.1 Å². The third kappa shape index (κ3) is 8.64. The van der Waals surface area contributed by atoms with Gasteiger partial charge in [0.1, 0.15) is 11.5 Å². The van der Waals surface area contributed by atoms with E-state index in [1.54, 1.807) is 30.3 Å². The number of hydrogen-bond acceptors (Lipinski definition) is 6. The Hall–Kier alpha value is -2.97. The number of carbonyl (C=O) groups excluding carboxylic acids is 3. The molecule has 0 bridgehead atoms. The van der Waals surface area contributed by atoms with Crippen molar-refractivity contribution in [1.29, 1.82) is 0 Å². The van der Waals surface area contributed by atoms with Crippen LogP contribution in [0.5, 0.6) is 11.5 Å². The normalized spacial score (nSPS) is 10.2. The van der Waals surface area contributed by atoms with Gasteiger partial charge in [0.25, 0.3) is 5.91 Å². The van der Waals surface area contributed by atoms with E-state index in [9.17, 15) is 14.4 Å². The SMILES string of the molecule is COc1ccc(C)cc1NC(=O)CNC(=O)COC(=O)CCCOc1ccc(Cl)cc1Cl. The Labute approximate surface area is 196 Å². The third-order valence-corrected chi connectivity index (χ3v) is 4.65. The number of ether oxygens (including phenoxy) is 3. The molecule has 0 aliphatic heterocycles. The lowest BCUT2D eigenvalue weighted by molar-refractivity contribution is -0.148. The van der Waals surface area contributed by atoms with Gasteiger partial charge in [-0.15, -0.1) is 0 Å². The van der Waals surface area contributed by atoms with Gasteiger partial charge in [-0.25, -0.2) is 0 Å². The van der Waals surface area contributed by atoms with Gasteiger partial charge in [-0.2, -0.15) is 0 Å². The van der Waals surface area contributed by atoms with E-state index in [2.05, 4.69) is 10.6 Å². The summed E-state index contributed by atoms with van der Waals surface area (Å²) in [5.41, 5.74) is 1.44. The lowest BCUT2D eigenvalue weighted by atomic mass is 10.2. The van der Waals surface area contributed by atoms with Crippen molar-refractivity contribution in [1.82, 2.24) is 5.32 Å². The van der Waals surface area contributed by atoms with Crippen molar-refractivity contribution >= 4 is 46.7 Å². The Morgan fingerprint density at radius 3 is 2.47 bits per heavy atom. The van der Waals surface area contributed by atoms with Crippen molar-refractivity contribution < 1.29 is 28.6 Å². The van der Waals surface area contributed by atoms with E-state index in [-0.39, 0.29) is 19.6 Å². The van der Waals surface area contributed by atoms with Crippen molar-refractivity contribution in [3.05, 3.63) is 52.0 Å². The summed E-state index contributed by atoms with van der Waals surface area (Å²) in [4.78, 5) is 35.6. The lowest BCUT2D eigenvalue weighted by Crippen LogP contribution is -2.35. The third-order valence-electron chi connectivity index (χ3n) is 4.12. The van der Waals surface area contributed by atoms with Crippen LogP contribution in [-0.4, -0.2) is 44.7 Å². The maximum Gasteiger partial charge on any atom is 0.306 e. The zero-order valence-electron chi connectivity index (χ0n) is 17.7. The van der Waals surface area contributed by atoms with Crippen molar-refractivity contribution in [2.45, 2.75) is 19.8 Å². The second kappa shape index (κ2) is 12.8. The van der Waals surface area contributed by atoms with Crippen LogP contribution in [0.1, 0.15) is 18.4 Å². The van der Waals surface area contributed by atoms with Crippen molar-refractivity contribution in [2.75, 3.05) is 32.2 Å². The second-order valence-electron chi connectivity index (χ2n) is 6.72. The van der Waals surface area contributed by atoms with E-state index in [0.717, 1.165) is 5.56 Å². The molecule has 0 aromatic heterocycles. The molecule has 0 atom stereocenters. The molecular formula is C22H24Cl2N2O6. The Morgan fingerprint density at radius 1 is 1.00 bits per heavy atom. The molecule has 172 valence electrons. The topological polar surface area (TPSA) is 103 Å². The Bertz CT molecular complexity index is 967. The van der Waals surface area contributed by atoms with Crippen LogP contribution in [0, 0.1) is 6.92 Å². The Balaban J connectivity index is 1.62. The predicted octanol–water partition coefficient (Wildman–Crippen LogP) is 3.77. The number of carbonyl (C=O) groups is 3. The van der Waals surface area contributed by atoms with Crippen LogP contribution in [0.3, 0.4) is 0 Å². The fourth-order valence-electron chi connectivity index (χ4n) is 2.55. The summed E-state index contributed by atoms with van der Waals surface area (Å²) >= 11 is 11.8. The molecule has 2 aromatic rings. The van der Waals surface area contributed by atoms with E-state index < -0.39 is 24.4 Å². The van der Waals surface area contributed by atoms with Gasteiger partial charge in [0.2, 0.25) is 5.91 Å². The average Bonchev–Trinajstić information content (AvgIpc) is 2.75. The van der Waals surface area contributed by atoms with Crippen LogP contribution >= 0.6 is 23.2 Å². The van der Waals surface area contributed by atoms with Crippen LogP contribution in [0.4, 0.5) is 5.69 Å². The van der Waals surface area contributed by atoms with Crippen LogP contribution in [0.25, 0.3) is 0 Å². The van der Waals surface area contributed by atoms with Gasteiger partial charge in [0, 0.05) is 11.4 Å². The maximum atomic E-state index is 12.0. The van der Waals surface area contributed by atoms with Crippen LogP contribution in [0.15, 0.2) is 36.4 Å². The molecule has 10 heteroatoms. The van der Waals surface area contributed by atoms with Gasteiger partial charge < -0.3 is 24.8 Å². The molecular weight excluding hydrogens is 459 g/mol. The van der Waals surface area contributed by atoms with E-state index >= 15 is 0 Å². The van der Waals surface area contributed by atoms with Crippen LogP contribution in [-0.2, 0) is 19.1 Å². The molecule has 2 aromatic carbocycles. The largest absolute Gasteiger partial charge is 0.495 e. The van der Waals surface area contributed by atoms with Gasteiger partial charge in [-0.3, -0.25) is 14.4 Å². The first kappa shape index (κ1) is 25.3. The molecule has 0 saturated heterocycles. The van der Waals surface area contributed by atoms with Crippen molar-refractivity contribution in [3.63, 3.8) is 0 Å². The van der Waals surface area contributed by atoms with Crippen LogP contribution in [0.2, 0.25) is 10.0 Å². The number of esters is 1. The Morgan fingerprint density at radius 2 is 1.75 bits per heavy atom. The lowest BCUT2D eigenvalue weighted by Gasteiger charge is -2.11. The number of aryl methyl sites for hydroxylation is 1. The fourth-order valence-corrected chi connectivity index (χ4v) is 3.02. The summed E-state index contributed by atoms with van der Waals surface area (Å²) in [6.45, 7) is 1.36. The smallest absolute Gasteiger partial charge is 0.306 e. The number of hydrogen-bond donors (Lipinski definition) is 2. The minimum atomic E-state index is -0.589. The highest BCUT2D eigenvalue weighted by Crippen LogP contribution is 2.27. The van der Waals surface area contributed by atoms with Gasteiger partial charge in [0.15, 0.2) is 6.61 Å². The number of rotatable bonds is 11. The predicted molar refractivity (Wildman–Crippen MR) is 122 cm³/mol. The maximum absolute atomic E-state index is 12.0. The summed E-state index contributed by atoms with van der Waals surface area (Å²) in [6, 6.07) is 10.2. The first-order valence-electron chi connectivity index (χ1n) is 9.73. The number of benzene rings is 2. The van der Waals surface area contributed by atoms with Gasteiger partial charge in [0.05, 0.1) is 31.0 Å². The average molecular weight is 483 g/mol. The van der Waals surface area contributed by atoms with E-state index in [0.29, 0.717) is 33.7 Å². The van der Waals surface area contributed by atoms with Crippen molar-refractivity contribution in [3.8, 4) is 11.5 Å². The summed E-state index contributed by atoms with van der Waals surface area (Å²) in [5.74, 6) is -0.614. The number of anilines is 1. The van der Waals surface area contributed by atoms with E-state index in [4.69, 9.17) is 37.4 Å². The fraction of sp³-hybridized carbons (Fsp3) is 0.318. The second-order valence-corrected chi connectivity index (χ2v) is 7.56. The first-order chi connectivity index (χ1) is 15.3. The molecule has 0 saturated carbocycles. The minimum absolute atomic E-state index is 0.0616. The standard InChI is InChI=1S/C22H24Cl2N2O6/c1-14-5-7-19(30-2)17(10-14)26-20(27)12-25-21(28)13-32-22(29)4-3-9-31-18-8-6-15(23)11-16(18)24/h5-8,10-11H,3-4,9,12-13H2,1-2H3,(H,25,28)(H,26,27). The molecule has 0 unspecified atom stereocenters. The molecule has 32 heavy (non-hydrogen) atoms. The number of methoxy groups -OCH3 is 1. The molecule has 0 radical (unpaired) electrons. The quantitative estimate of drug-likeness (QED) is 0.373. The molecule has 0 spiro atoms. The highest BCUT2D eigenvalue weighted by Gasteiger charge is 2.12. The van der Waals surface area contributed by atoms with E-state index in [1.807, 2.05) is 13.0 Å². The molecule has 0 aliphatic carbocycles. The van der Waals surface area contributed by atoms with Gasteiger partial charge in [-0.05, 0) is 49.2 Å². The zero-order chi connectivity index (χ0) is 23.5. The highest BCUT2D eigenvalue weighted by atomic mass is 35.5. The molecule has 2 amide bonds. The number of nitrogens with one attached hydrogen (secondary N) is 2. The van der Waals surface area contributed by atoms with Gasteiger partial charge in [-0.1, -0.05) is 29.3 Å². The summed E-state index contributed by atoms with van der Waals surface area (Å²) < 4.78 is 15.6. The monoisotopic (exact) mass is 482 g/mol. The number of amides is 2. The summed E-state index contributed by atoms with van der Waals surface area (Å²) in [6.07, 6.45) is 0.437. The highest BCUT2D eigenvalue weighted by molar-refractivity contribution is 6.35. The summed E-state index contributed by atoms with van der Waals surface area (Å²) in [7, 11) is 1.50. The molecule has 2 rings (SSSR count). The summed E-state index contributed by atoms with van der Waals surface area (Å²) in [5, 5.41) is 5.92. The Kier molecular flexibility index (Phi) is 10.1. The van der Waals surface area contributed by atoms with E-state index in [1.165, 1.54) is 7.11 Å². The molecule has 8 nitrogen and oxygen atoms in total. The zero-order valence-corrected chi connectivity index (χ0v) is 19.2. The van der Waals surface area contributed by atoms with Gasteiger partial charge >= 0.3 is 5.97 Å². The number of halogens is 2. The van der Waals surface area contributed by atoms with Crippen molar-refractivity contribution in [2.24, 2.45) is 0 Å². The minimum Gasteiger partial charge on any atom is -0.495 e. The molecule has 0 fully saturated rings. The molecule has 2 N–H and O–H groups in total. The first-order valence-corrected chi connectivity index (χ1v) is 10.5. The molecule has 0 aliphatic rings. The molecule has 0 heterocycles.